The maximum Gasteiger partial charge on any atom is 0.0488 e. The van der Waals surface area contributed by atoms with Crippen molar-refractivity contribution in [1.82, 2.24) is 9.88 Å². The van der Waals surface area contributed by atoms with Crippen molar-refractivity contribution in [2.24, 2.45) is 0 Å². The molecule has 2 nitrogen and oxygen atoms in total. The van der Waals surface area contributed by atoms with E-state index in [4.69, 9.17) is 0 Å². The highest BCUT2D eigenvalue weighted by molar-refractivity contribution is 5.87. The molecule has 0 aliphatic heterocycles. The van der Waals surface area contributed by atoms with Crippen molar-refractivity contribution in [2.45, 2.75) is 33.2 Å². The molecule has 1 aromatic carbocycles. The van der Waals surface area contributed by atoms with Gasteiger partial charge < -0.3 is 9.88 Å². The van der Waals surface area contributed by atoms with Gasteiger partial charge >= 0.3 is 0 Å². The Balaban J connectivity index is 2.59. The molecule has 0 amide bonds. The van der Waals surface area contributed by atoms with Crippen LogP contribution in [-0.2, 0) is 6.42 Å². The third kappa shape index (κ3) is 2.22. The maximum absolute atomic E-state index is 3.23. The first-order valence-electron chi connectivity index (χ1n) is 6.38. The van der Waals surface area contributed by atoms with Gasteiger partial charge in [-0.2, -0.15) is 0 Å². The van der Waals surface area contributed by atoms with Crippen molar-refractivity contribution in [3.05, 3.63) is 35.5 Å². The van der Waals surface area contributed by atoms with Gasteiger partial charge in [0, 0.05) is 23.1 Å². The van der Waals surface area contributed by atoms with Crippen molar-refractivity contribution in [3.8, 4) is 0 Å². The third-order valence-corrected chi connectivity index (χ3v) is 3.35. The highest BCUT2D eigenvalue weighted by atomic mass is 15.0. The number of benzene rings is 1. The first-order valence-corrected chi connectivity index (χ1v) is 6.38. The Labute approximate surface area is 104 Å². The lowest BCUT2D eigenvalue weighted by molar-refractivity contribution is 0.620. The molecule has 1 heterocycles. The Morgan fingerprint density at radius 3 is 2.71 bits per heavy atom. The summed E-state index contributed by atoms with van der Waals surface area (Å²) in [4.78, 5) is 0. The summed E-state index contributed by atoms with van der Waals surface area (Å²) in [6, 6.07) is 7.10. The lowest BCUT2D eigenvalue weighted by Crippen LogP contribution is -2.10. The van der Waals surface area contributed by atoms with Gasteiger partial charge in [0.2, 0.25) is 0 Å². The second kappa shape index (κ2) is 4.92. The van der Waals surface area contributed by atoms with Crippen molar-refractivity contribution in [3.63, 3.8) is 0 Å². The summed E-state index contributed by atoms with van der Waals surface area (Å²) < 4.78 is 2.38. The molecule has 92 valence electrons. The zero-order valence-corrected chi connectivity index (χ0v) is 11.2. The summed E-state index contributed by atoms with van der Waals surface area (Å²) in [5, 5.41) is 4.67. The molecule has 0 fully saturated rings. The molecule has 0 atom stereocenters. The van der Waals surface area contributed by atoms with E-state index in [-0.39, 0.29) is 0 Å². The second-order valence-corrected chi connectivity index (χ2v) is 4.98. The molecule has 17 heavy (non-hydrogen) atoms. The van der Waals surface area contributed by atoms with Crippen LogP contribution in [0.2, 0.25) is 0 Å². The minimum Gasteiger partial charge on any atom is -0.345 e. The van der Waals surface area contributed by atoms with Crippen LogP contribution in [0.4, 0.5) is 0 Å². The molecular formula is C15H22N2. The first-order chi connectivity index (χ1) is 8.15. The molecule has 1 aromatic heterocycles. The summed E-state index contributed by atoms with van der Waals surface area (Å²) in [6.07, 6.45) is 3.41. The molecule has 0 radical (unpaired) electrons. The number of hydrogen-bond acceptors (Lipinski definition) is 1. The van der Waals surface area contributed by atoms with Crippen LogP contribution in [0.3, 0.4) is 0 Å². The standard InChI is InChI=1S/C15H22N2/c1-11(2)17-10-13(8-9-16-4)15-12(3)6-5-7-14(15)17/h5-7,10-11,16H,8-9H2,1-4H3. The molecule has 0 aliphatic carbocycles. The van der Waals surface area contributed by atoms with E-state index in [1.54, 1.807) is 0 Å². The fourth-order valence-electron chi connectivity index (χ4n) is 2.46. The normalized spacial score (nSPS) is 11.6. The van der Waals surface area contributed by atoms with Crippen molar-refractivity contribution >= 4 is 10.9 Å². The molecule has 2 heteroatoms. The highest BCUT2D eigenvalue weighted by Crippen LogP contribution is 2.27. The Morgan fingerprint density at radius 2 is 2.06 bits per heavy atom. The van der Waals surface area contributed by atoms with Crippen molar-refractivity contribution in [2.75, 3.05) is 13.6 Å². The van der Waals surface area contributed by atoms with Gasteiger partial charge in [0.1, 0.15) is 0 Å². The average molecular weight is 230 g/mol. The Hall–Kier alpha value is -1.28. The molecule has 0 spiro atoms. The minimum atomic E-state index is 0.516. The van der Waals surface area contributed by atoms with E-state index in [0.29, 0.717) is 6.04 Å². The molecule has 0 bridgehead atoms. The summed E-state index contributed by atoms with van der Waals surface area (Å²) >= 11 is 0. The molecule has 1 N–H and O–H groups in total. The number of nitrogens with one attached hydrogen (secondary N) is 1. The number of likely N-dealkylation sites (N-methyl/N-ethyl adjacent to an activating group) is 1. The predicted molar refractivity (Wildman–Crippen MR) is 74.7 cm³/mol. The van der Waals surface area contributed by atoms with Crippen LogP contribution in [0.1, 0.15) is 31.0 Å². The molecular weight excluding hydrogens is 208 g/mol. The summed E-state index contributed by atoms with van der Waals surface area (Å²) in [7, 11) is 2.01. The zero-order valence-electron chi connectivity index (χ0n) is 11.2. The van der Waals surface area contributed by atoms with Crippen LogP contribution < -0.4 is 5.32 Å². The van der Waals surface area contributed by atoms with Crippen LogP contribution in [-0.4, -0.2) is 18.2 Å². The minimum absolute atomic E-state index is 0.516. The van der Waals surface area contributed by atoms with E-state index in [2.05, 4.69) is 55.1 Å². The zero-order chi connectivity index (χ0) is 12.4. The van der Waals surface area contributed by atoms with Crippen LogP contribution in [0.15, 0.2) is 24.4 Å². The molecule has 0 saturated heterocycles. The van der Waals surface area contributed by atoms with E-state index < -0.39 is 0 Å². The molecule has 0 saturated carbocycles. The van der Waals surface area contributed by atoms with Gasteiger partial charge in [-0.15, -0.1) is 0 Å². The number of fused-ring (bicyclic) bond motifs is 1. The van der Waals surface area contributed by atoms with Gasteiger partial charge in [0.05, 0.1) is 0 Å². The highest BCUT2D eigenvalue weighted by Gasteiger charge is 2.11. The van der Waals surface area contributed by atoms with Gasteiger partial charge in [0.15, 0.2) is 0 Å². The Kier molecular flexibility index (Phi) is 3.53. The SMILES string of the molecule is CNCCc1cn(C(C)C)c2cccc(C)c12. The quantitative estimate of drug-likeness (QED) is 0.853. The van der Waals surface area contributed by atoms with E-state index in [9.17, 15) is 0 Å². The van der Waals surface area contributed by atoms with E-state index >= 15 is 0 Å². The average Bonchev–Trinajstić information content (AvgIpc) is 2.67. The lowest BCUT2D eigenvalue weighted by Gasteiger charge is -2.09. The number of nitrogens with zero attached hydrogens (tertiary/aromatic N) is 1. The molecule has 2 aromatic rings. The second-order valence-electron chi connectivity index (χ2n) is 4.98. The smallest absolute Gasteiger partial charge is 0.0488 e. The van der Waals surface area contributed by atoms with Crippen LogP contribution in [0.25, 0.3) is 10.9 Å². The van der Waals surface area contributed by atoms with Crippen molar-refractivity contribution < 1.29 is 0 Å². The van der Waals surface area contributed by atoms with Crippen molar-refractivity contribution in [1.29, 1.82) is 0 Å². The summed E-state index contributed by atoms with van der Waals surface area (Å²) in [5.74, 6) is 0. The van der Waals surface area contributed by atoms with Crippen LogP contribution in [0, 0.1) is 6.92 Å². The monoisotopic (exact) mass is 230 g/mol. The topological polar surface area (TPSA) is 17.0 Å². The van der Waals surface area contributed by atoms with Crippen LogP contribution in [0.5, 0.6) is 0 Å². The van der Waals surface area contributed by atoms with Crippen LogP contribution >= 0.6 is 0 Å². The predicted octanol–water partition coefficient (Wildman–Crippen LogP) is 3.29. The fourth-order valence-corrected chi connectivity index (χ4v) is 2.46. The van der Waals surface area contributed by atoms with Gasteiger partial charge in [0.25, 0.3) is 0 Å². The van der Waals surface area contributed by atoms with E-state index in [1.807, 2.05) is 7.05 Å². The molecule has 0 aliphatic rings. The number of aryl methyl sites for hydroxylation is 1. The summed E-state index contributed by atoms with van der Waals surface area (Å²) in [6.45, 7) is 7.72. The Bertz CT molecular complexity index is 509. The number of aromatic nitrogens is 1. The molecule has 2 rings (SSSR count). The van der Waals surface area contributed by atoms with Gasteiger partial charge in [-0.1, -0.05) is 12.1 Å². The first kappa shape index (κ1) is 12.2. The lowest BCUT2D eigenvalue weighted by atomic mass is 10.1. The third-order valence-electron chi connectivity index (χ3n) is 3.35. The number of rotatable bonds is 4. The van der Waals surface area contributed by atoms with Gasteiger partial charge in [-0.25, -0.2) is 0 Å². The van der Waals surface area contributed by atoms with Gasteiger partial charge in [-0.3, -0.25) is 0 Å². The molecule has 0 unspecified atom stereocenters. The summed E-state index contributed by atoms with van der Waals surface area (Å²) in [5.41, 5.74) is 4.21. The number of hydrogen-bond donors (Lipinski definition) is 1. The Morgan fingerprint density at radius 1 is 1.29 bits per heavy atom. The fraction of sp³-hybridized carbons (Fsp3) is 0.467. The van der Waals surface area contributed by atoms with Gasteiger partial charge in [-0.05, 0) is 58.0 Å². The van der Waals surface area contributed by atoms with E-state index in [0.717, 1.165) is 13.0 Å². The van der Waals surface area contributed by atoms with E-state index in [1.165, 1.54) is 22.0 Å². The largest absolute Gasteiger partial charge is 0.345 e. The maximum atomic E-state index is 3.23.